The van der Waals surface area contributed by atoms with Crippen molar-refractivity contribution < 1.29 is 27.5 Å². The van der Waals surface area contributed by atoms with Crippen molar-refractivity contribution in [1.29, 1.82) is 0 Å². The van der Waals surface area contributed by atoms with Crippen LogP contribution in [0.1, 0.15) is 29.5 Å². The molecule has 1 atom stereocenters. The van der Waals surface area contributed by atoms with Gasteiger partial charge >= 0.3 is 6.18 Å². The predicted molar refractivity (Wildman–Crippen MR) is 82.4 cm³/mol. The van der Waals surface area contributed by atoms with Crippen molar-refractivity contribution in [3.63, 3.8) is 0 Å². The third-order valence-corrected chi connectivity index (χ3v) is 3.52. The van der Waals surface area contributed by atoms with Crippen LogP contribution in [0.5, 0.6) is 0 Å². The zero-order chi connectivity index (χ0) is 17.9. The molecule has 0 spiro atoms. The minimum absolute atomic E-state index is 0.0375. The molecule has 0 bridgehead atoms. The van der Waals surface area contributed by atoms with Gasteiger partial charge in [-0.25, -0.2) is 0 Å². The zero-order valence-corrected chi connectivity index (χ0v) is 13.3. The van der Waals surface area contributed by atoms with Gasteiger partial charge in [-0.1, -0.05) is 12.1 Å². The lowest BCUT2D eigenvalue weighted by atomic mass is 10.1. The number of furan rings is 1. The van der Waals surface area contributed by atoms with E-state index < -0.39 is 23.8 Å². The van der Waals surface area contributed by atoms with E-state index in [2.05, 4.69) is 0 Å². The summed E-state index contributed by atoms with van der Waals surface area (Å²) in [5, 5.41) is 9.24. The first-order chi connectivity index (χ1) is 11.2. The second kappa shape index (κ2) is 7.09. The standard InChI is InChI=1S/C17H18F3NO3/c1-11(22)8-9-21(2)16(23)15-7-6-14(24-15)12-4-3-5-13(10-12)17(18,19)20/h3-7,10-11,22H,8-9H2,1-2H3. The fraction of sp³-hybridized carbons (Fsp3) is 0.353. The van der Waals surface area contributed by atoms with Gasteiger partial charge in [-0.15, -0.1) is 0 Å². The van der Waals surface area contributed by atoms with Gasteiger partial charge in [0.15, 0.2) is 5.76 Å². The summed E-state index contributed by atoms with van der Waals surface area (Å²) in [5.41, 5.74) is -0.533. The van der Waals surface area contributed by atoms with E-state index in [4.69, 9.17) is 4.42 Å². The van der Waals surface area contributed by atoms with Gasteiger partial charge in [0.05, 0.1) is 11.7 Å². The van der Waals surface area contributed by atoms with Crippen LogP contribution in [-0.4, -0.2) is 35.6 Å². The molecule has 1 N–H and O–H groups in total. The van der Waals surface area contributed by atoms with Crippen LogP contribution in [0.3, 0.4) is 0 Å². The fourth-order valence-electron chi connectivity index (χ4n) is 2.13. The summed E-state index contributed by atoms with van der Waals surface area (Å²) in [6.07, 6.45) is -4.55. The summed E-state index contributed by atoms with van der Waals surface area (Å²) >= 11 is 0. The third kappa shape index (κ3) is 4.38. The van der Waals surface area contributed by atoms with E-state index in [1.807, 2.05) is 0 Å². The number of nitrogens with zero attached hydrogens (tertiary/aromatic N) is 1. The monoisotopic (exact) mass is 341 g/mol. The first-order valence-electron chi connectivity index (χ1n) is 7.39. The number of rotatable bonds is 5. The third-order valence-electron chi connectivity index (χ3n) is 3.52. The Labute approximate surface area is 137 Å². The maximum absolute atomic E-state index is 12.8. The maximum Gasteiger partial charge on any atom is 0.416 e. The fourth-order valence-corrected chi connectivity index (χ4v) is 2.13. The summed E-state index contributed by atoms with van der Waals surface area (Å²) in [4.78, 5) is 13.6. The average molecular weight is 341 g/mol. The smallest absolute Gasteiger partial charge is 0.416 e. The van der Waals surface area contributed by atoms with Crippen molar-refractivity contribution >= 4 is 5.91 Å². The van der Waals surface area contributed by atoms with Gasteiger partial charge in [0.25, 0.3) is 5.91 Å². The largest absolute Gasteiger partial charge is 0.451 e. The number of aliphatic hydroxyl groups is 1. The predicted octanol–water partition coefficient (Wildman–Crippen LogP) is 3.81. The van der Waals surface area contributed by atoms with Gasteiger partial charge in [-0.3, -0.25) is 4.79 Å². The summed E-state index contributed by atoms with van der Waals surface area (Å²) < 4.78 is 43.7. The Morgan fingerprint density at radius 3 is 2.62 bits per heavy atom. The van der Waals surface area contributed by atoms with Gasteiger partial charge in [0, 0.05) is 19.2 Å². The second-order valence-corrected chi connectivity index (χ2v) is 5.61. The number of halogens is 3. The van der Waals surface area contributed by atoms with Gasteiger partial charge in [0.1, 0.15) is 5.76 Å². The van der Waals surface area contributed by atoms with E-state index in [9.17, 15) is 23.1 Å². The van der Waals surface area contributed by atoms with Crippen molar-refractivity contribution in [2.24, 2.45) is 0 Å². The van der Waals surface area contributed by atoms with Gasteiger partial charge < -0.3 is 14.4 Å². The lowest BCUT2D eigenvalue weighted by Gasteiger charge is -2.16. The molecule has 130 valence electrons. The Kier molecular flexibility index (Phi) is 5.33. The molecule has 0 saturated carbocycles. The summed E-state index contributed by atoms with van der Waals surface area (Å²) in [6, 6.07) is 7.62. The van der Waals surface area contributed by atoms with Gasteiger partial charge in [-0.05, 0) is 37.6 Å². The minimum atomic E-state index is -4.44. The maximum atomic E-state index is 12.8. The molecule has 0 saturated heterocycles. The van der Waals surface area contributed by atoms with E-state index in [1.54, 1.807) is 14.0 Å². The van der Waals surface area contributed by atoms with Crippen LogP contribution in [0, 0.1) is 0 Å². The highest BCUT2D eigenvalue weighted by atomic mass is 19.4. The molecule has 0 aliphatic rings. The van der Waals surface area contributed by atoms with Crippen LogP contribution in [0.25, 0.3) is 11.3 Å². The summed E-state index contributed by atoms with van der Waals surface area (Å²) in [6.45, 7) is 1.97. The minimum Gasteiger partial charge on any atom is -0.451 e. The molecular weight excluding hydrogens is 323 g/mol. The van der Waals surface area contributed by atoms with E-state index >= 15 is 0 Å². The van der Waals surface area contributed by atoms with Gasteiger partial charge in [0.2, 0.25) is 0 Å². The summed E-state index contributed by atoms with van der Waals surface area (Å²) in [7, 11) is 1.57. The molecule has 24 heavy (non-hydrogen) atoms. The van der Waals surface area contributed by atoms with Crippen LogP contribution < -0.4 is 0 Å². The molecule has 1 heterocycles. The SMILES string of the molecule is CC(O)CCN(C)C(=O)c1ccc(-c2cccc(C(F)(F)F)c2)o1. The van der Waals surface area contributed by atoms with Crippen molar-refractivity contribution in [3.05, 3.63) is 47.7 Å². The zero-order valence-electron chi connectivity index (χ0n) is 13.3. The summed E-state index contributed by atoms with van der Waals surface area (Å²) in [5.74, 6) is -0.169. The van der Waals surface area contributed by atoms with Crippen molar-refractivity contribution in [1.82, 2.24) is 4.90 Å². The second-order valence-electron chi connectivity index (χ2n) is 5.61. The number of aliphatic hydroxyl groups excluding tert-OH is 1. The average Bonchev–Trinajstić information content (AvgIpc) is 3.01. The Morgan fingerprint density at radius 1 is 1.29 bits per heavy atom. The van der Waals surface area contributed by atoms with Crippen LogP contribution in [0.2, 0.25) is 0 Å². The van der Waals surface area contributed by atoms with Crippen molar-refractivity contribution in [2.75, 3.05) is 13.6 Å². The molecular formula is C17H18F3NO3. The first-order valence-corrected chi connectivity index (χ1v) is 7.39. The molecule has 1 unspecified atom stereocenters. The molecule has 1 amide bonds. The Balaban J connectivity index is 2.17. The van der Waals surface area contributed by atoms with Crippen molar-refractivity contribution in [3.8, 4) is 11.3 Å². The number of hydrogen-bond acceptors (Lipinski definition) is 3. The molecule has 1 aromatic carbocycles. The van der Waals surface area contributed by atoms with Crippen LogP contribution in [0.15, 0.2) is 40.8 Å². The van der Waals surface area contributed by atoms with E-state index in [0.29, 0.717) is 13.0 Å². The molecule has 2 aromatic rings. The Morgan fingerprint density at radius 2 is 2.00 bits per heavy atom. The first kappa shape index (κ1) is 18.1. The molecule has 1 aromatic heterocycles. The number of hydrogen-bond donors (Lipinski definition) is 1. The number of benzene rings is 1. The lowest BCUT2D eigenvalue weighted by Crippen LogP contribution is -2.29. The molecule has 0 fully saturated rings. The molecule has 0 radical (unpaired) electrons. The van der Waals surface area contributed by atoms with E-state index in [-0.39, 0.29) is 17.1 Å². The van der Waals surface area contributed by atoms with Gasteiger partial charge in [-0.2, -0.15) is 13.2 Å². The number of amides is 1. The highest BCUT2D eigenvalue weighted by Gasteiger charge is 2.30. The molecule has 0 aliphatic carbocycles. The van der Waals surface area contributed by atoms with Crippen LogP contribution in [0.4, 0.5) is 13.2 Å². The quantitative estimate of drug-likeness (QED) is 0.900. The highest BCUT2D eigenvalue weighted by Crippen LogP contribution is 2.32. The normalized spacial score (nSPS) is 12.9. The molecule has 7 heteroatoms. The topological polar surface area (TPSA) is 53.7 Å². The number of alkyl halides is 3. The molecule has 2 rings (SSSR count). The van der Waals surface area contributed by atoms with Crippen LogP contribution >= 0.6 is 0 Å². The Hall–Kier alpha value is -2.28. The number of carbonyl (C=O) groups excluding carboxylic acids is 1. The molecule has 0 aliphatic heterocycles. The van der Waals surface area contributed by atoms with E-state index in [0.717, 1.165) is 12.1 Å². The van der Waals surface area contributed by atoms with Crippen molar-refractivity contribution in [2.45, 2.75) is 25.6 Å². The Bertz CT molecular complexity index is 707. The molecule has 4 nitrogen and oxygen atoms in total. The highest BCUT2D eigenvalue weighted by molar-refractivity contribution is 5.91. The van der Waals surface area contributed by atoms with Crippen LogP contribution in [-0.2, 0) is 6.18 Å². The number of carbonyl (C=O) groups is 1. The van der Waals surface area contributed by atoms with E-state index in [1.165, 1.54) is 29.2 Å². The lowest BCUT2D eigenvalue weighted by molar-refractivity contribution is -0.137.